The summed E-state index contributed by atoms with van der Waals surface area (Å²) in [4.78, 5) is 24.6. The largest absolute Gasteiger partial charge is 0.445 e. The predicted molar refractivity (Wildman–Crippen MR) is 75.8 cm³/mol. The van der Waals surface area contributed by atoms with E-state index in [1.165, 1.54) is 12.0 Å². The van der Waals surface area contributed by atoms with Gasteiger partial charge in [0.2, 0.25) is 0 Å². The number of methoxy groups -OCH3 is 1. The first-order valence-electron chi connectivity index (χ1n) is 6.19. The zero-order valence-corrected chi connectivity index (χ0v) is 12.1. The van der Waals surface area contributed by atoms with Crippen molar-refractivity contribution in [2.24, 2.45) is 0 Å². The molecule has 1 rings (SSSR count). The number of hydrogen-bond donors (Lipinski definition) is 0. The molecule has 0 fully saturated rings. The van der Waals surface area contributed by atoms with Crippen LogP contribution < -0.4 is 0 Å². The molecule has 1 aromatic rings. The first kappa shape index (κ1) is 16.5. The molecule has 0 heterocycles. The van der Waals surface area contributed by atoms with Crippen molar-refractivity contribution in [2.75, 3.05) is 32.7 Å². The molecule has 0 N–H and O–H groups in total. The van der Waals surface area contributed by atoms with Crippen LogP contribution >= 0.6 is 11.6 Å². The van der Waals surface area contributed by atoms with E-state index in [4.69, 9.17) is 21.1 Å². The number of hydrogen-bond acceptors (Lipinski definition) is 4. The number of Topliss-reactive ketones (excluding diaryl/α,β-unsaturated/α-hetero) is 1. The van der Waals surface area contributed by atoms with Crippen LogP contribution in [0.2, 0.25) is 0 Å². The molecule has 6 heteroatoms. The fourth-order valence-corrected chi connectivity index (χ4v) is 1.59. The van der Waals surface area contributed by atoms with Gasteiger partial charge >= 0.3 is 6.09 Å². The number of halogens is 1. The van der Waals surface area contributed by atoms with Gasteiger partial charge in [-0.3, -0.25) is 9.69 Å². The van der Waals surface area contributed by atoms with E-state index >= 15 is 0 Å². The highest BCUT2D eigenvalue weighted by molar-refractivity contribution is 6.28. The lowest BCUT2D eigenvalue weighted by Crippen LogP contribution is -2.38. The molecule has 1 aromatic carbocycles. The van der Waals surface area contributed by atoms with Gasteiger partial charge in [-0.05, 0) is 5.56 Å². The first-order chi connectivity index (χ1) is 9.67. The summed E-state index contributed by atoms with van der Waals surface area (Å²) in [5.41, 5.74) is 0.885. The molecule has 0 saturated carbocycles. The van der Waals surface area contributed by atoms with E-state index in [0.717, 1.165) is 5.56 Å². The quantitative estimate of drug-likeness (QED) is 0.690. The summed E-state index contributed by atoms with van der Waals surface area (Å²) in [5, 5.41) is 0. The highest BCUT2D eigenvalue weighted by Crippen LogP contribution is 2.03. The smallest absolute Gasteiger partial charge is 0.410 e. The summed E-state index contributed by atoms with van der Waals surface area (Å²) in [6.07, 6.45) is -0.552. The number of nitrogens with zero attached hydrogens (tertiary/aromatic N) is 1. The molecule has 0 saturated heterocycles. The number of carbonyl (C=O) groups excluding carboxylic acids is 2. The zero-order chi connectivity index (χ0) is 14.8. The number of amides is 1. The second kappa shape index (κ2) is 9.34. The lowest BCUT2D eigenvalue weighted by atomic mass is 10.2. The van der Waals surface area contributed by atoms with Crippen LogP contribution in [0.5, 0.6) is 0 Å². The maximum Gasteiger partial charge on any atom is 0.410 e. The van der Waals surface area contributed by atoms with Gasteiger partial charge in [-0.25, -0.2) is 4.79 Å². The third-order valence-electron chi connectivity index (χ3n) is 2.54. The fourth-order valence-electron chi connectivity index (χ4n) is 1.50. The molecule has 0 radical (unpaired) electrons. The minimum absolute atomic E-state index is 0.0690. The Balaban J connectivity index is 2.51. The SMILES string of the molecule is COCCN(CC(=O)CCl)C(=O)OCc1ccccc1. The lowest BCUT2D eigenvalue weighted by Gasteiger charge is -2.20. The third-order valence-corrected chi connectivity index (χ3v) is 2.84. The number of alkyl halides is 1. The molecule has 0 aliphatic rings. The van der Waals surface area contributed by atoms with Gasteiger partial charge in [0.15, 0.2) is 5.78 Å². The van der Waals surface area contributed by atoms with Crippen molar-refractivity contribution in [3.05, 3.63) is 35.9 Å². The summed E-state index contributed by atoms with van der Waals surface area (Å²) in [5.74, 6) is -0.366. The minimum atomic E-state index is -0.552. The van der Waals surface area contributed by atoms with E-state index in [9.17, 15) is 9.59 Å². The summed E-state index contributed by atoms with van der Waals surface area (Å²) >= 11 is 5.45. The number of ether oxygens (including phenoxy) is 2. The standard InChI is InChI=1S/C14H18ClNO4/c1-19-8-7-16(10-13(17)9-15)14(18)20-11-12-5-3-2-4-6-12/h2-6H,7-11H2,1H3. The van der Waals surface area contributed by atoms with Crippen molar-refractivity contribution in [3.63, 3.8) is 0 Å². The molecule has 1 amide bonds. The second-order valence-electron chi connectivity index (χ2n) is 4.13. The van der Waals surface area contributed by atoms with Crippen molar-refractivity contribution in [1.29, 1.82) is 0 Å². The molecule has 0 aliphatic heterocycles. The van der Waals surface area contributed by atoms with E-state index in [1.807, 2.05) is 30.3 Å². The lowest BCUT2D eigenvalue weighted by molar-refractivity contribution is -0.117. The molecule has 5 nitrogen and oxygen atoms in total. The fraction of sp³-hybridized carbons (Fsp3) is 0.429. The Kier molecular flexibility index (Phi) is 7.69. The summed E-state index contributed by atoms with van der Waals surface area (Å²) in [6, 6.07) is 9.33. The Bertz CT molecular complexity index is 424. The van der Waals surface area contributed by atoms with Crippen LogP contribution in [-0.2, 0) is 20.9 Å². The zero-order valence-electron chi connectivity index (χ0n) is 11.4. The number of benzene rings is 1. The predicted octanol–water partition coefficient (Wildman–Crippen LogP) is 2.08. The Morgan fingerprint density at radius 1 is 1.25 bits per heavy atom. The molecule has 0 bridgehead atoms. The van der Waals surface area contributed by atoms with Crippen LogP contribution in [0.1, 0.15) is 5.56 Å². The van der Waals surface area contributed by atoms with Crippen LogP contribution in [0.3, 0.4) is 0 Å². The van der Waals surface area contributed by atoms with Gasteiger partial charge in [0.25, 0.3) is 0 Å². The monoisotopic (exact) mass is 299 g/mol. The molecule has 0 aromatic heterocycles. The van der Waals surface area contributed by atoms with Crippen LogP contribution in [-0.4, -0.2) is 49.5 Å². The van der Waals surface area contributed by atoms with Gasteiger partial charge in [0, 0.05) is 13.7 Å². The van der Waals surface area contributed by atoms with Crippen molar-refractivity contribution < 1.29 is 19.1 Å². The molecule has 20 heavy (non-hydrogen) atoms. The average molecular weight is 300 g/mol. The number of carbonyl (C=O) groups is 2. The number of rotatable bonds is 8. The summed E-state index contributed by atoms with van der Waals surface area (Å²) < 4.78 is 10.1. The molecule has 0 unspecified atom stereocenters. The van der Waals surface area contributed by atoms with Crippen LogP contribution in [0, 0.1) is 0 Å². The number of ketones is 1. The molecular formula is C14H18ClNO4. The Hall–Kier alpha value is -1.59. The van der Waals surface area contributed by atoms with Crippen LogP contribution in [0.15, 0.2) is 30.3 Å². The van der Waals surface area contributed by atoms with Gasteiger partial charge < -0.3 is 9.47 Å². The minimum Gasteiger partial charge on any atom is -0.445 e. The maximum absolute atomic E-state index is 11.9. The van der Waals surface area contributed by atoms with Crippen LogP contribution in [0.4, 0.5) is 4.79 Å². The highest BCUT2D eigenvalue weighted by atomic mass is 35.5. The molecule has 0 spiro atoms. The van der Waals surface area contributed by atoms with Gasteiger partial charge in [-0.15, -0.1) is 11.6 Å². The average Bonchev–Trinajstić information content (AvgIpc) is 2.49. The van der Waals surface area contributed by atoms with E-state index in [2.05, 4.69) is 0 Å². The molecule has 110 valence electrons. The molecule has 0 atom stereocenters. The topological polar surface area (TPSA) is 55.8 Å². The van der Waals surface area contributed by atoms with Gasteiger partial charge in [0.05, 0.1) is 19.0 Å². The van der Waals surface area contributed by atoms with Gasteiger partial charge in [-0.2, -0.15) is 0 Å². The highest BCUT2D eigenvalue weighted by Gasteiger charge is 2.17. The first-order valence-corrected chi connectivity index (χ1v) is 6.73. The van der Waals surface area contributed by atoms with Gasteiger partial charge in [0.1, 0.15) is 6.61 Å². The second-order valence-corrected chi connectivity index (χ2v) is 4.39. The van der Waals surface area contributed by atoms with Gasteiger partial charge in [-0.1, -0.05) is 30.3 Å². The van der Waals surface area contributed by atoms with E-state index in [0.29, 0.717) is 6.61 Å². The Morgan fingerprint density at radius 2 is 1.95 bits per heavy atom. The van der Waals surface area contributed by atoms with E-state index in [-0.39, 0.29) is 31.4 Å². The van der Waals surface area contributed by atoms with E-state index < -0.39 is 6.09 Å². The van der Waals surface area contributed by atoms with Crippen molar-refractivity contribution >= 4 is 23.5 Å². The van der Waals surface area contributed by atoms with Crippen LogP contribution in [0.25, 0.3) is 0 Å². The Labute approximate surface area is 123 Å². The normalized spacial score (nSPS) is 10.1. The van der Waals surface area contributed by atoms with Crippen molar-refractivity contribution in [2.45, 2.75) is 6.61 Å². The molecular weight excluding hydrogens is 282 g/mol. The molecule has 0 aliphatic carbocycles. The Morgan fingerprint density at radius 3 is 2.55 bits per heavy atom. The summed E-state index contributed by atoms with van der Waals surface area (Å²) in [6.45, 7) is 0.710. The van der Waals surface area contributed by atoms with Crippen molar-refractivity contribution in [1.82, 2.24) is 4.90 Å². The maximum atomic E-state index is 11.9. The van der Waals surface area contributed by atoms with E-state index in [1.54, 1.807) is 0 Å². The third kappa shape index (κ3) is 6.04. The summed E-state index contributed by atoms with van der Waals surface area (Å²) in [7, 11) is 1.52. The van der Waals surface area contributed by atoms with Crippen molar-refractivity contribution in [3.8, 4) is 0 Å².